The molecule has 5 nitrogen and oxygen atoms in total. The Kier molecular flexibility index (Phi) is 3.76. The summed E-state index contributed by atoms with van der Waals surface area (Å²) >= 11 is 0. The van der Waals surface area contributed by atoms with E-state index < -0.39 is 0 Å². The summed E-state index contributed by atoms with van der Waals surface area (Å²) in [4.78, 5) is 16.3. The van der Waals surface area contributed by atoms with Gasteiger partial charge in [-0.1, -0.05) is 25.4 Å². The molecular formula is C15H23N3O2. The van der Waals surface area contributed by atoms with E-state index in [0.29, 0.717) is 36.1 Å². The Morgan fingerprint density at radius 3 is 2.80 bits per heavy atom. The average Bonchev–Trinajstić information content (AvgIpc) is 2.85. The molecule has 0 radical (unpaired) electrons. The predicted octanol–water partition coefficient (Wildman–Crippen LogP) is 2.29. The summed E-state index contributed by atoms with van der Waals surface area (Å²) in [5.41, 5.74) is 0. The molecule has 2 fully saturated rings. The first kappa shape index (κ1) is 13.6. The summed E-state index contributed by atoms with van der Waals surface area (Å²) in [5.74, 6) is 3.69. The highest BCUT2D eigenvalue weighted by Gasteiger charge is 2.56. The first-order chi connectivity index (χ1) is 9.66. The Labute approximate surface area is 119 Å². The quantitative estimate of drug-likeness (QED) is 0.810. The largest absolute Gasteiger partial charge is 0.356 e. The number of carbonyl (C=O) groups excluding carboxylic acids is 1. The molecule has 0 bridgehead atoms. The van der Waals surface area contributed by atoms with Crippen LogP contribution in [0.2, 0.25) is 0 Å². The number of aryl methyl sites for hydroxylation is 1. The van der Waals surface area contributed by atoms with Gasteiger partial charge in [-0.2, -0.15) is 4.98 Å². The number of carbonyl (C=O) groups is 1. The Hall–Kier alpha value is -1.39. The summed E-state index contributed by atoms with van der Waals surface area (Å²) in [6, 6.07) is 0. The maximum atomic E-state index is 12.0. The minimum atomic E-state index is 0.257. The fraction of sp³-hybridized carbons (Fsp3) is 0.800. The van der Waals surface area contributed by atoms with Gasteiger partial charge in [0.25, 0.3) is 0 Å². The molecule has 1 aromatic rings. The van der Waals surface area contributed by atoms with Crippen LogP contribution in [-0.2, 0) is 11.2 Å². The smallest absolute Gasteiger partial charge is 0.226 e. The van der Waals surface area contributed by atoms with Crippen LogP contribution in [0.4, 0.5) is 0 Å². The molecule has 1 aromatic heterocycles. The third-order valence-electron chi connectivity index (χ3n) is 4.58. The Morgan fingerprint density at radius 2 is 2.15 bits per heavy atom. The molecule has 5 heteroatoms. The van der Waals surface area contributed by atoms with E-state index in [1.54, 1.807) is 0 Å². The maximum absolute atomic E-state index is 12.0. The highest BCUT2D eigenvalue weighted by Crippen LogP contribution is 2.57. The second-order valence-electron chi connectivity index (χ2n) is 6.38. The van der Waals surface area contributed by atoms with Gasteiger partial charge >= 0.3 is 0 Å². The van der Waals surface area contributed by atoms with E-state index in [1.165, 1.54) is 19.3 Å². The molecule has 3 rings (SSSR count). The van der Waals surface area contributed by atoms with Gasteiger partial charge in [0.15, 0.2) is 5.82 Å². The van der Waals surface area contributed by atoms with Crippen molar-refractivity contribution >= 4 is 5.91 Å². The summed E-state index contributed by atoms with van der Waals surface area (Å²) in [6.07, 6.45) is 5.41. The van der Waals surface area contributed by atoms with Crippen LogP contribution in [0, 0.1) is 17.8 Å². The van der Waals surface area contributed by atoms with Crippen LogP contribution < -0.4 is 5.32 Å². The molecule has 110 valence electrons. The van der Waals surface area contributed by atoms with Gasteiger partial charge in [0, 0.05) is 24.8 Å². The monoisotopic (exact) mass is 277 g/mol. The Balaban J connectivity index is 1.35. The lowest BCUT2D eigenvalue weighted by Gasteiger charge is -2.05. The summed E-state index contributed by atoms with van der Waals surface area (Å²) in [5, 5.41) is 6.98. The zero-order chi connectivity index (χ0) is 14.1. The van der Waals surface area contributed by atoms with Gasteiger partial charge < -0.3 is 9.84 Å². The van der Waals surface area contributed by atoms with Crippen molar-refractivity contribution in [2.75, 3.05) is 6.54 Å². The number of hydrogen-bond donors (Lipinski definition) is 1. The molecule has 20 heavy (non-hydrogen) atoms. The lowest BCUT2D eigenvalue weighted by atomic mass is 10.1. The molecule has 0 aliphatic heterocycles. The number of fused-ring (bicyclic) bond motifs is 1. The number of nitrogens with one attached hydrogen (secondary N) is 1. The van der Waals surface area contributed by atoms with Crippen LogP contribution in [0.1, 0.15) is 57.2 Å². The van der Waals surface area contributed by atoms with Crippen LogP contribution in [0.5, 0.6) is 0 Å². The van der Waals surface area contributed by atoms with Crippen molar-refractivity contribution in [2.45, 2.75) is 51.9 Å². The van der Waals surface area contributed by atoms with Crippen LogP contribution >= 0.6 is 0 Å². The van der Waals surface area contributed by atoms with E-state index in [0.717, 1.165) is 18.7 Å². The SMILES string of the molecule is CC(C)c1noc(CCCNC(=O)C2[C@H]3CCC[C@H]23)n1. The molecule has 2 saturated carbocycles. The van der Waals surface area contributed by atoms with Gasteiger partial charge in [-0.05, 0) is 31.1 Å². The standard InChI is InChI=1S/C15H23N3O2/c1-9(2)14-17-12(20-18-14)7-4-8-16-15(19)13-10-5-3-6-11(10)13/h9-11,13H,3-8H2,1-2H3,(H,16,19)/t10-,11-/m0/s1. The fourth-order valence-electron chi connectivity index (χ4n) is 3.38. The Bertz CT molecular complexity index is 473. The molecule has 0 aromatic carbocycles. The van der Waals surface area contributed by atoms with Gasteiger partial charge in [0.1, 0.15) is 0 Å². The molecule has 1 N–H and O–H groups in total. The Morgan fingerprint density at radius 1 is 1.40 bits per heavy atom. The van der Waals surface area contributed by atoms with Crippen molar-refractivity contribution in [1.29, 1.82) is 0 Å². The summed E-state index contributed by atoms with van der Waals surface area (Å²) < 4.78 is 5.18. The number of nitrogens with zero attached hydrogens (tertiary/aromatic N) is 2. The fourth-order valence-corrected chi connectivity index (χ4v) is 3.38. The van der Waals surface area contributed by atoms with Crippen LogP contribution in [-0.4, -0.2) is 22.6 Å². The lowest BCUT2D eigenvalue weighted by Crippen LogP contribution is -2.27. The van der Waals surface area contributed by atoms with Crippen molar-refractivity contribution in [3.8, 4) is 0 Å². The molecule has 2 aliphatic carbocycles. The van der Waals surface area contributed by atoms with Crippen molar-refractivity contribution < 1.29 is 9.32 Å². The average molecular weight is 277 g/mol. The van der Waals surface area contributed by atoms with E-state index in [-0.39, 0.29) is 5.91 Å². The maximum Gasteiger partial charge on any atom is 0.226 e. The highest BCUT2D eigenvalue weighted by atomic mass is 16.5. The predicted molar refractivity (Wildman–Crippen MR) is 74.0 cm³/mol. The second kappa shape index (κ2) is 5.54. The van der Waals surface area contributed by atoms with Gasteiger partial charge in [0.05, 0.1) is 0 Å². The molecule has 0 saturated heterocycles. The molecule has 0 unspecified atom stereocenters. The lowest BCUT2D eigenvalue weighted by molar-refractivity contribution is -0.123. The molecule has 2 aliphatic rings. The van der Waals surface area contributed by atoms with Crippen molar-refractivity contribution in [1.82, 2.24) is 15.5 Å². The van der Waals surface area contributed by atoms with Crippen molar-refractivity contribution in [2.24, 2.45) is 17.8 Å². The number of hydrogen-bond acceptors (Lipinski definition) is 4. The minimum absolute atomic E-state index is 0.257. The molecule has 2 atom stereocenters. The number of amides is 1. The van der Waals surface area contributed by atoms with E-state index in [4.69, 9.17) is 4.52 Å². The molecule has 0 spiro atoms. The van der Waals surface area contributed by atoms with Gasteiger partial charge in [0.2, 0.25) is 11.8 Å². The zero-order valence-corrected chi connectivity index (χ0v) is 12.3. The molecular weight excluding hydrogens is 254 g/mol. The first-order valence-corrected chi connectivity index (χ1v) is 7.77. The topological polar surface area (TPSA) is 68.0 Å². The first-order valence-electron chi connectivity index (χ1n) is 7.77. The molecule has 1 heterocycles. The summed E-state index contributed by atoms with van der Waals surface area (Å²) in [6.45, 7) is 4.79. The van der Waals surface area contributed by atoms with E-state index >= 15 is 0 Å². The van der Waals surface area contributed by atoms with Crippen LogP contribution in [0.15, 0.2) is 4.52 Å². The normalized spacial score (nSPS) is 27.6. The van der Waals surface area contributed by atoms with Crippen LogP contribution in [0.25, 0.3) is 0 Å². The zero-order valence-electron chi connectivity index (χ0n) is 12.3. The van der Waals surface area contributed by atoms with Crippen LogP contribution in [0.3, 0.4) is 0 Å². The van der Waals surface area contributed by atoms with E-state index in [2.05, 4.69) is 15.5 Å². The third kappa shape index (κ3) is 2.72. The van der Waals surface area contributed by atoms with Crippen molar-refractivity contribution in [3.05, 3.63) is 11.7 Å². The van der Waals surface area contributed by atoms with E-state index in [1.807, 2.05) is 13.8 Å². The number of aromatic nitrogens is 2. The van der Waals surface area contributed by atoms with Gasteiger partial charge in [-0.15, -0.1) is 0 Å². The number of rotatable bonds is 6. The minimum Gasteiger partial charge on any atom is -0.356 e. The second-order valence-corrected chi connectivity index (χ2v) is 6.38. The van der Waals surface area contributed by atoms with E-state index in [9.17, 15) is 4.79 Å². The van der Waals surface area contributed by atoms with Gasteiger partial charge in [-0.25, -0.2) is 0 Å². The summed E-state index contributed by atoms with van der Waals surface area (Å²) in [7, 11) is 0. The van der Waals surface area contributed by atoms with Gasteiger partial charge in [-0.3, -0.25) is 4.79 Å². The third-order valence-corrected chi connectivity index (χ3v) is 4.58. The highest BCUT2D eigenvalue weighted by molar-refractivity contribution is 5.82. The van der Waals surface area contributed by atoms with Crippen molar-refractivity contribution in [3.63, 3.8) is 0 Å². The molecule has 1 amide bonds.